The van der Waals surface area contributed by atoms with Crippen molar-refractivity contribution in [3.05, 3.63) is 40.2 Å². The van der Waals surface area contributed by atoms with Gasteiger partial charge in [-0.05, 0) is 12.0 Å². The van der Waals surface area contributed by atoms with Crippen LogP contribution in [0.3, 0.4) is 0 Å². The second-order valence-electron chi connectivity index (χ2n) is 4.13. The first-order valence-corrected chi connectivity index (χ1v) is 5.99. The molecule has 0 spiro atoms. The molecule has 0 saturated carbocycles. The summed E-state index contributed by atoms with van der Waals surface area (Å²) in [6.07, 6.45) is 5.38. The van der Waals surface area contributed by atoms with Gasteiger partial charge in [-0.15, -0.1) is 0 Å². The van der Waals surface area contributed by atoms with E-state index in [9.17, 15) is 4.79 Å². The third kappa shape index (κ3) is 3.19. The van der Waals surface area contributed by atoms with E-state index < -0.39 is 0 Å². The lowest BCUT2D eigenvalue weighted by atomic mass is 10.2. The molecule has 2 aromatic heterocycles. The van der Waals surface area contributed by atoms with Crippen molar-refractivity contribution in [2.24, 2.45) is 7.05 Å². The molecule has 2 heterocycles. The summed E-state index contributed by atoms with van der Waals surface area (Å²) in [5.74, 6) is 1.32. The average Bonchev–Trinajstić information content (AvgIpc) is 2.74. The lowest BCUT2D eigenvalue weighted by Crippen LogP contribution is -2.14. The van der Waals surface area contributed by atoms with Gasteiger partial charge in [-0.3, -0.25) is 9.48 Å². The van der Waals surface area contributed by atoms with E-state index in [1.165, 1.54) is 6.07 Å². The summed E-state index contributed by atoms with van der Waals surface area (Å²) in [5.41, 5.74) is 1.04. The molecule has 0 aromatic carbocycles. The molecule has 96 valence electrons. The molecule has 6 heteroatoms. The molecule has 18 heavy (non-hydrogen) atoms. The van der Waals surface area contributed by atoms with Crippen molar-refractivity contribution in [3.63, 3.8) is 0 Å². The van der Waals surface area contributed by atoms with E-state index in [2.05, 4.69) is 20.4 Å². The van der Waals surface area contributed by atoms with Crippen LogP contribution < -0.4 is 10.9 Å². The van der Waals surface area contributed by atoms with Gasteiger partial charge < -0.3 is 10.3 Å². The van der Waals surface area contributed by atoms with Crippen LogP contribution in [-0.2, 0) is 19.9 Å². The molecule has 0 atom stereocenters. The van der Waals surface area contributed by atoms with Crippen molar-refractivity contribution in [2.45, 2.75) is 19.8 Å². The SMILES string of the molecule is CCc1nc(NCCc2cnn(C)c2)cc(=O)[nH]1. The molecule has 0 aliphatic rings. The molecule has 0 amide bonds. The highest BCUT2D eigenvalue weighted by molar-refractivity contribution is 5.33. The van der Waals surface area contributed by atoms with Crippen molar-refractivity contribution < 1.29 is 0 Å². The van der Waals surface area contributed by atoms with Crippen LogP contribution >= 0.6 is 0 Å². The van der Waals surface area contributed by atoms with Gasteiger partial charge in [-0.1, -0.05) is 6.92 Å². The van der Waals surface area contributed by atoms with Crippen molar-refractivity contribution in [2.75, 3.05) is 11.9 Å². The van der Waals surface area contributed by atoms with Crippen LogP contribution in [0.15, 0.2) is 23.3 Å². The van der Waals surface area contributed by atoms with E-state index in [4.69, 9.17) is 0 Å². The Morgan fingerprint density at radius 2 is 2.33 bits per heavy atom. The van der Waals surface area contributed by atoms with Gasteiger partial charge in [0.25, 0.3) is 5.56 Å². The summed E-state index contributed by atoms with van der Waals surface area (Å²) in [7, 11) is 1.89. The molecule has 0 saturated heterocycles. The number of hydrogen-bond acceptors (Lipinski definition) is 4. The summed E-state index contributed by atoms with van der Waals surface area (Å²) in [4.78, 5) is 18.3. The predicted molar refractivity (Wildman–Crippen MR) is 69.6 cm³/mol. The highest BCUT2D eigenvalue weighted by Gasteiger charge is 2.00. The van der Waals surface area contributed by atoms with Crippen LogP contribution in [0.4, 0.5) is 5.82 Å². The zero-order valence-corrected chi connectivity index (χ0v) is 10.6. The average molecular weight is 247 g/mol. The minimum absolute atomic E-state index is 0.120. The second-order valence-corrected chi connectivity index (χ2v) is 4.13. The van der Waals surface area contributed by atoms with E-state index >= 15 is 0 Å². The van der Waals surface area contributed by atoms with Crippen LogP contribution in [0.5, 0.6) is 0 Å². The Morgan fingerprint density at radius 1 is 1.50 bits per heavy atom. The number of nitrogens with one attached hydrogen (secondary N) is 2. The number of hydrogen-bond donors (Lipinski definition) is 2. The van der Waals surface area contributed by atoms with E-state index in [0.717, 1.165) is 18.5 Å². The fourth-order valence-electron chi connectivity index (χ4n) is 1.70. The van der Waals surface area contributed by atoms with Gasteiger partial charge in [-0.2, -0.15) is 5.10 Å². The number of aromatic amines is 1. The van der Waals surface area contributed by atoms with E-state index in [-0.39, 0.29) is 5.56 Å². The number of anilines is 1. The molecule has 0 unspecified atom stereocenters. The summed E-state index contributed by atoms with van der Waals surface area (Å²) < 4.78 is 1.77. The minimum atomic E-state index is -0.120. The Labute approximate surface area is 105 Å². The largest absolute Gasteiger partial charge is 0.370 e. The smallest absolute Gasteiger partial charge is 0.252 e. The molecule has 6 nitrogen and oxygen atoms in total. The summed E-state index contributed by atoms with van der Waals surface area (Å²) in [5, 5.41) is 7.25. The molecule has 2 rings (SSSR count). The summed E-state index contributed by atoms with van der Waals surface area (Å²) in [6, 6.07) is 1.47. The Morgan fingerprint density at radius 3 is 3.00 bits per heavy atom. The highest BCUT2D eigenvalue weighted by Crippen LogP contribution is 2.01. The van der Waals surface area contributed by atoms with Crippen LogP contribution in [0.25, 0.3) is 0 Å². The monoisotopic (exact) mass is 247 g/mol. The number of aryl methyl sites for hydroxylation is 2. The van der Waals surface area contributed by atoms with E-state index in [1.54, 1.807) is 4.68 Å². The van der Waals surface area contributed by atoms with Crippen LogP contribution in [0.1, 0.15) is 18.3 Å². The maximum Gasteiger partial charge on any atom is 0.252 e. The lowest BCUT2D eigenvalue weighted by molar-refractivity contribution is 0.766. The first-order chi connectivity index (χ1) is 8.67. The first kappa shape index (κ1) is 12.3. The minimum Gasteiger partial charge on any atom is -0.370 e. The van der Waals surface area contributed by atoms with Crippen molar-refractivity contribution in [1.29, 1.82) is 0 Å². The lowest BCUT2D eigenvalue weighted by Gasteiger charge is -2.05. The Kier molecular flexibility index (Phi) is 3.76. The second kappa shape index (κ2) is 5.48. The number of nitrogens with zero attached hydrogens (tertiary/aromatic N) is 3. The molecular weight excluding hydrogens is 230 g/mol. The molecule has 0 radical (unpaired) electrons. The van der Waals surface area contributed by atoms with Crippen molar-refractivity contribution in [1.82, 2.24) is 19.7 Å². The van der Waals surface area contributed by atoms with Gasteiger partial charge in [0, 0.05) is 32.3 Å². The molecule has 0 aliphatic heterocycles. The Hall–Kier alpha value is -2.11. The van der Waals surface area contributed by atoms with Gasteiger partial charge in [-0.25, -0.2) is 4.98 Å². The molecular formula is C12H17N5O. The summed E-state index contributed by atoms with van der Waals surface area (Å²) >= 11 is 0. The standard InChI is InChI=1S/C12H17N5O/c1-3-10-15-11(6-12(18)16-10)13-5-4-9-7-14-17(2)8-9/h6-8H,3-5H2,1-2H3,(H2,13,15,16,18). The number of rotatable bonds is 5. The third-order valence-corrected chi connectivity index (χ3v) is 2.60. The molecule has 2 aromatic rings. The number of aromatic nitrogens is 4. The van der Waals surface area contributed by atoms with Crippen LogP contribution in [0.2, 0.25) is 0 Å². The van der Waals surface area contributed by atoms with E-state index in [0.29, 0.717) is 18.1 Å². The number of H-pyrrole nitrogens is 1. The molecule has 0 aliphatic carbocycles. The maximum atomic E-state index is 11.4. The van der Waals surface area contributed by atoms with Crippen molar-refractivity contribution in [3.8, 4) is 0 Å². The fourth-order valence-corrected chi connectivity index (χ4v) is 1.70. The van der Waals surface area contributed by atoms with Gasteiger partial charge in [0.05, 0.1) is 6.20 Å². The Bertz CT molecular complexity index is 572. The summed E-state index contributed by atoms with van der Waals surface area (Å²) in [6.45, 7) is 2.68. The van der Waals surface area contributed by atoms with Gasteiger partial charge in [0.15, 0.2) is 0 Å². The van der Waals surface area contributed by atoms with Gasteiger partial charge in [0.2, 0.25) is 0 Å². The maximum absolute atomic E-state index is 11.4. The topological polar surface area (TPSA) is 75.6 Å². The predicted octanol–water partition coefficient (Wildman–Crippen LogP) is 0.720. The van der Waals surface area contributed by atoms with E-state index in [1.807, 2.05) is 26.4 Å². The van der Waals surface area contributed by atoms with Crippen molar-refractivity contribution >= 4 is 5.82 Å². The molecule has 0 bridgehead atoms. The zero-order chi connectivity index (χ0) is 13.0. The molecule has 0 fully saturated rings. The van der Waals surface area contributed by atoms with Crippen LogP contribution in [-0.4, -0.2) is 26.3 Å². The van der Waals surface area contributed by atoms with Gasteiger partial charge >= 0.3 is 0 Å². The highest BCUT2D eigenvalue weighted by atomic mass is 16.1. The third-order valence-electron chi connectivity index (χ3n) is 2.60. The molecule has 2 N–H and O–H groups in total. The normalized spacial score (nSPS) is 10.6. The Balaban J connectivity index is 1.94. The van der Waals surface area contributed by atoms with Crippen LogP contribution in [0, 0.1) is 0 Å². The first-order valence-electron chi connectivity index (χ1n) is 5.99. The van der Waals surface area contributed by atoms with Gasteiger partial charge in [0.1, 0.15) is 11.6 Å². The zero-order valence-electron chi connectivity index (χ0n) is 10.6. The quantitative estimate of drug-likeness (QED) is 0.816. The fraction of sp³-hybridized carbons (Fsp3) is 0.417.